The van der Waals surface area contributed by atoms with Gasteiger partial charge >= 0.3 is 30.9 Å². The molecule has 0 aliphatic heterocycles. The van der Waals surface area contributed by atoms with Crippen LogP contribution in [0.1, 0.15) is 19.3 Å². The third kappa shape index (κ3) is 4.63. The molecule has 0 spiro atoms. The van der Waals surface area contributed by atoms with Crippen LogP contribution in [0, 0.1) is 18.7 Å². The van der Waals surface area contributed by atoms with Gasteiger partial charge in [-0.1, -0.05) is 0 Å². The fraction of sp³-hybridized carbons (Fsp3) is 0.818. The molecule has 148 valence electrons. The lowest BCUT2D eigenvalue weighted by molar-refractivity contribution is -0.457. The molecule has 0 bridgehead atoms. The quantitative estimate of drug-likeness (QED) is 0.552. The van der Waals surface area contributed by atoms with E-state index in [1.807, 2.05) is 0 Å². The number of rotatable bonds is 6. The summed E-state index contributed by atoms with van der Waals surface area (Å²) in [6.07, 6.45) is -23.5. The monoisotopic (exact) mass is 400 g/mol. The summed E-state index contributed by atoms with van der Waals surface area (Å²) in [5, 5.41) is 0. The van der Waals surface area contributed by atoms with Gasteiger partial charge in [0.1, 0.15) is 0 Å². The van der Waals surface area contributed by atoms with E-state index in [2.05, 4.69) is 9.47 Å². The highest BCUT2D eigenvalue weighted by molar-refractivity contribution is 5.00. The first-order valence-electron chi connectivity index (χ1n) is 6.26. The maximum absolute atomic E-state index is 14.2. The molecule has 0 aromatic heterocycles. The van der Waals surface area contributed by atoms with E-state index in [-0.39, 0.29) is 6.42 Å². The molecule has 0 aromatic rings. The summed E-state index contributed by atoms with van der Waals surface area (Å²) < 4.78 is 156. The number of alkyl halides is 11. The standard InChI is InChI=1S/C11H8F12O2/c12-6(24-10(19,20)8(14,15)9(16,17)18)7(13,25-11(21,22)23)5-3-1-2-4-5/h1,5H,2-4H2. The lowest BCUT2D eigenvalue weighted by Crippen LogP contribution is -2.56. The van der Waals surface area contributed by atoms with Crippen molar-refractivity contribution in [3.05, 3.63) is 12.8 Å². The van der Waals surface area contributed by atoms with Crippen molar-refractivity contribution in [3.8, 4) is 0 Å². The largest absolute Gasteiger partial charge is 0.525 e. The highest BCUT2D eigenvalue weighted by atomic mass is 19.4. The van der Waals surface area contributed by atoms with Gasteiger partial charge in [0.2, 0.25) is 0 Å². The minimum atomic E-state index is -7.02. The van der Waals surface area contributed by atoms with Crippen LogP contribution in [0.25, 0.3) is 0 Å². The molecule has 0 heterocycles. The zero-order chi connectivity index (χ0) is 19.9. The van der Waals surface area contributed by atoms with Gasteiger partial charge in [0, 0.05) is 5.92 Å². The molecule has 2 nitrogen and oxygen atoms in total. The number of hydrogen-bond donors (Lipinski definition) is 0. The van der Waals surface area contributed by atoms with Gasteiger partial charge in [0.15, 0.2) is 0 Å². The molecule has 0 N–H and O–H groups in total. The average molecular weight is 400 g/mol. The van der Waals surface area contributed by atoms with Crippen LogP contribution < -0.4 is 0 Å². The summed E-state index contributed by atoms with van der Waals surface area (Å²) in [5.74, 6) is -14.0. The topological polar surface area (TPSA) is 18.5 Å². The second kappa shape index (κ2) is 6.67. The van der Waals surface area contributed by atoms with Crippen LogP contribution in [0.5, 0.6) is 0 Å². The van der Waals surface area contributed by atoms with Gasteiger partial charge in [0.25, 0.3) is 5.85 Å². The first kappa shape index (κ1) is 22.1. The van der Waals surface area contributed by atoms with Gasteiger partial charge in [0.05, 0.1) is 0 Å². The van der Waals surface area contributed by atoms with E-state index in [4.69, 9.17) is 0 Å². The third-order valence-electron chi connectivity index (χ3n) is 3.17. The molecule has 2 unspecified atom stereocenters. The molecule has 14 heteroatoms. The second-order valence-electron chi connectivity index (χ2n) is 4.96. The Kier molecular flexibility index (Phi) is 5.90. The smallest absolute Gasteiger partial charge is 0.267 e. The Morgan fingerprint density at radius 1 is 0.880 bits per heavy atom. The average Bonchev–Trinajstić information content (AvgIpc) is 2.88. The van der Waals surface area contributed by atoms with Crippen LogP contribution in [-0.4, -0.2) is 30.4 Å². The number of ether oxygens (including phenoxy) is 2. The van der Waals surface area contributed by atoms with E-state index in [0.717, 1.165) is 6.42 Å². The Labute approximate surface area is 132 Å². The molecule has 1 aliphatic rings. The molecule has 1 aliphatic carbocycles. The van der Waals surface area contributed by atoms with Crippen molar-refractivity contribution in [2.24, 2.45) is 5.92 Å². The molecule has 0 amide bonds. The lowest BCUT2D eigenvalue weighted by atomic mass is 9.98. The molecule has 2 radical (unpaired) electrons. The Morgan fingerprint density at radius 3 is 1.76 bits per heavy atom. The van der Waals surface area contributed by atoms with Crippen molar-refractivity contribution in [2.75, 3.05) is 0 Å². The van der Waals surface area contributed by atoms with E-state index in [1.165, 1.54) is 0 Å². The molecule has 25 heavy (non-hydrogen) atoms. The summed E-state index contributed by atoms with van der Waals surface area (Å²) in [5.41, 5.74) is 0. The van der Waals surface area contributed by atoms with Gasteiger partial charge in [-0.05, 0) is 25.7 Å². The van der Waals surface area contributed by atoms with E-state index in [1.54, 1.807) is 0 Å². The van der Waals surface area contributed by atoms with E-state index >= 15 is 0 Å². The molecule has 0 aromatic carbocycles. The van der Waals surface area contributed by atoms with E-state index in [9.17, 15) is 52.7 Å². The minimum Gasteiger partial charge on any atom is -0.267 e. The Balaban J connectivity index is 3.11. The highest BCUT2D eigenvalue weighted by Gasteiger charge is 2.76. The highest BCUT2D eigenvalue weighted by Crippen LogP contribution is 2.52. The number of halogens is 12. The van der Waals surface area contributed by atoms with Crippen molar-refractivity contribution in [1.29, 1.82) is 0 Å². The summed E-state index contributed by atoms with van der Waals surface area (Å²) in [7, 11) is 0. The van der Waals surface area contributed by atoms with Crippen molar-refractivity contribution >= 4 is 0 Å². The Hall–Kier alpha value is -0.920. The first-order chi connectivity index (χ1) is 10.9. The van der Waals surface area contributed by atoms with Crippen LogP contribution in [0.15, 0.2) is 0 Å². The van der Waals surface area contributed by atoms with Crippen molar-refractivity contribution < 1.29 is 62.2 Å². The van der Waals surface area contributed by atoms with Crippen molar-refractivity contribution in [3.63, 3.8) is 0 Å². The first-order valence-corrected chi connectivity index (χ1v) is 6.26. The van der Waals surface area contributed by atoms with Crippen LogP contribution in [-0.2, 0) is 9.47 Å². The summed E-state index contributed by atoms with van der Waals surface area (Å²) in [6, 6.07) is 0. The van der Waals surface area contributed by atoms with Gasteiger partial charge in [-0.3, -0.25) is 4.74 Å². The second-order valence-corrected chi connectivity index (χ2v) is 4.96. The van der Waals surface area contributed by atoms with Gasteiger partial charge in [-0.2, -0.15) is 35.1 Å². The van der Waals surface area contributed by atoms with Crippen LogP contribution >= 0.6 is 0 Å². The molecule has 2 atom stereocenters. The molecule has 1 fully saturated rings. The van der Waals surface area contributed by atoms with Crippen LogP contribution in [0.3, 0.4) is 0 Å². The molecule has 1 saturated carbocycles. The molecular weight excluding hydrogens is 392 g/mol. The lowest BCUT2D eigenvalue weighted by Gasteiger charge is -2.35. The zero-order valence-corrected chi connectivity index (χ0v) is 11.6. The van der Waals surface area contributed by atoms with Gasteiger partial charge in [-0.25, -0.2) is 9.13 Å². The molecule has 1 rings (SSSR count). The Morgan fingerprint density at radius 2 is 1.40 bits per heavy atom. The summed E-state index contributed by atoms with van der Waals surface area (Å²) in [6.45, 7) is 0. The summed E-state index contributed by atoms with van der Waals surface area (Å²) >= 11 is 0. The van der Waals surface area contributed by atoms with E-state index < -0.39 is 55.5 Å². The minimum absolute atomic E-state index is 0.111. The van der Waals surface area contributed by atoms with Crippen LogP contribution in [0.2, 0.25) is 0 Å². The maximum atomic E-state index is 14.2. The Bertz CT molecular complexity index is 453. The fourth-order valence-corrected chi connectivity index (χ4v) is 1.96. The van der Waals surface area contributed by atoms with Gasteiger partial charge < -0.3 is 0 Å². The fourth-order valence-electron chi connectivity index (χ4n) is 1.96. The third-order valence-corrected chi connectivity index (χ3v) is 3.17. The summed E-state index contributed by atoms with van der Waals surface area (Å²) in [4.78, 5) is 0. The predicted octanol–water partition coefficient (Wildman–Crippen LogP) is 5.46. The molecular formula is C11H8F12O2. The van der Waals surface area contributed by atoms with E-state index in [0.29, 0.717) is 0 Å². The van der Waals surface area contributed by atoms with Gasteiger partial charge in [-0.15, -0.1) is 13.2 Å². The maximum Gasteiger partial charge on any atom is 0.525 e. The van der Waals surface area contributed by atoms with Crippen LogP contribution in [0.4, 0.5) is 52.7 Å². The normalized spacial score (nSPS) is 21.0. The van der Waals surface area contributed by atoms with Crippen molar-refractivity contribution in [2.45, 2.75) is 49.7 Å². The van der Waals surface area contributed by atoms with Crippen molar-refractivity contribution in [1.82, 2.24) is 0 Å². The molecule has 0 saturated heterocycles. The zero-order valence-electron chi connectivity index (χ0n) is 11.6. The SMILES string of the molecule is F[C](OC(F)(F)C(F)(F)C(F)(F)F)C(F)(OC(F)(F)F)C1C[CH]CC1. The number of hydrogen-bond acceptors (Lipinski definition) is 2. The predicted molar refractivity (Wildman–Crippen MR) is 54.0 cm³/mol.